The van der Waals surface area contributed by atoms with Gasteiger partial charge in [-0.15, -0.1) is 10.2 Å². The van der Waals surface area contributed by atoms with E-state index in [9.17, 15) is 14.3 Å². The summed E-state index contributed by atoms with van der Waals surface area (Å²) in [6, 6.07) is 6.26. The molecule has 0 aliphatic heterocycles. The van der Waals surface area contributed by atoms with Crippen LogP contribution in [0.25, 0.3) is 11.4 Å². The van der Waals surface area contributed by atoms with Crippen LogP contribution in [0.5, 0.6) is 0 Å². The van der Waals surface area contributed by atoms with E-state index in [2.05, 4.69) is 15.4 Å². The quantitative estimate of drug-likeness (QED) is 0.822. The highest BCUT2D eigenvalue weighted by Crippen LogP contribution is 2.45. The minimum absolute atomic E-state index is 0.143. The molecule has 1 heterocycles. The van der Waals surface area contributed by atoms with Crippen LogP contribution in [0.2, 0.25) is 0 Å². The normalized spacial score (nSPS) is 26.4. The van der Waals surface area contributed by atoms with E-state index in [0.29, 0.717) is 48.7 Å². The first-order valence-electron chi connectivity index (χ1n) is 9.97. The van der Waals surface area contributed by atoms with Gasteiger partial charge in [0.2, 0.25) is 11.7 Å². The molecule has 0 bridgehead atoms. The molecule has 1 aromatic heterocycles. The lowest BCUT2D eigenvalue weighted by Crippen LogP contribution is -2.36. The molecule has 2 unspecified atom stereocenters. The molecular formula is C20H26FN5O2. The molecule has 1 aromatic carbocycles. The molecule has 4 rings (SSSR count). The van der Waals surface area contributed by atoms with Crippen LogP contribution in [0, 0.1) is 17.7 Å². The Morgan fingerprint density at radius 1 is 1.21 bits per heavy atom. The fraction of sp³-hybridized carbons (Fsp3) is 0.600. The first-order valence-corrected chi connectivity index (χ1v) is 9.97. The summed E-state index contributed by atoms with van der Waals surface area (Å²) in [7, 11) is 1.89. The summed E-state index contributed by atoms with van der Waals surface area (Å²) in [5.41, 5.74) is 0.709. The second-order valence-corrected chi connectivity index (χ2v) is 8.09. The molecule has 1 N–H and O–H groups in total. The molecule has 0 spiro atoms. The third-order valence-electron chi connectivity index (χ3n) is 6.21. The number of rotatable bonds is 6. The molecule has 4 atom stereocenters. The van der Waals surface area contributed by atoms with E-state index in [1.54, 1.807) is 12.1 Å². The minimum Gasteiger partial charge on any atom is -0.393 e. The van der Waals surface area contributed by atoms with E-state index < -0.39 is 0 Å². The van der Waals surface area contributed by atoms with Gasteiger partial charge in [-0.25, -0.2) is 4.39 Å². The van der Waals surface area contributed by atoms with E-state index in [1.807, 2.05) is 11.9 Å². The lowest BCUT2D eigenvalue weighted by atomic mass is 10.0. The Bertz CT molecular complexity index is 810. The first kappa shape index (κ1) is 19.0. The van der Waals surface area contributed by atoms with Crippen LogP contribution in [0.15, 0.2) is 24.3 Å². The molecule has 8 heteroatoms. The van der Waals surface area contributed by atoms with Crippen LogP contribution in [-0.4, -0.2) is 55.3 Å². The zero-order chi connectivity index (χ0) is 19.7. The number of amides is 1. The van der Waals surface area contributed by atoms with Crippen molar-refractivity contribution in [2.75, 3.05) is 7.05 Å². The van der Waals surface area contributed by atoms with Gasteiger partial charge in [0.1, 0.15) is 5.82 Å². The molecule has 28 heavy (non-hydrogen) atoms. The predicted octanol–water partition coefficient (Wildman–Crippen LogP) is 2.27. The maximum Gasteiger partial charge on any atom is 0.222 e. The molecular weight excluding hydrogens is 361 g/mol. The van der Waals surface area contributed by atoms with Gasteiger partial charge in [0, 0.05) is 25.1 Å². The monoisotopic (exact) mass is 387 g/mol. The van der Waals surface area contributed by atoms with Crippen LogP contribution in [0.4, 0.5) is 4.39 Å². The molecule has 1 amide bonds. The number of aliphatic hydroxyl groups is 1. The number of hydrogen-bond donors (Lipinski definition) is 1. The summed E-state index contributed by atoms with van der Waals surface area (Å²) in [5.74, 6) is 1.42. The minimum atomic E-state index is -0.305. The number of benzene rings is 1. The van der Waals surface area contributed by atoms with Gasteiger partial charge in [-0.05, 0) is 73.4 Å². The molecule has 0 saturated heterocycles. The van der Waals surface area contributed by atoms with Crippen molar-refractivity contribution in [1.82, 2.24) is 25.1 Å². The van der Waals surface area contributed by atoms with Crippen molar-refractivity contribution in [1.29, 1.82) is 0 Å². The number of nitrogens with zero attached hydrogens (tertiary/aromatic N) is 5. The molecule has 2 aliphatic rings. The molecule has 2 fully saturated rings. The second-order valence-electron chi connectivity index (χ2n) is 8.09. The summed E-state index contributed by atoms with van der Waals surface area (Å²) < 4.78 is 13.0. The lowest BCUT2D eigenvalue weighted by Gasteiger charge is -2.25. The van der Waals surface area contributed by atoms with E-state index in [1.165, 1.54) is 16.9 Å². The average Bonchev–Trinajstić information content (AvgIpc) is 3.36. The van der Waals surface area contributed by atoms with Crippen molar-refractivity contribution < 1.29 is 14.3 Å². The van der Waals surface area contributed by atoms with E-state index in [-0.39, 0.29) is 17.8 Å². The largest absolute Gasteiger partial charge is 0.393 e. The Morgan fingerprint density at radius 2 is 1.89 bits per heavy atom. The van der Waals surface area contributed by atoms with Crippen molar-refractivity contribution in [2.45, 2.75) is 57.2 Å². The Morgan fingerprint density at radius 3 is 2.57 bits per heavy atom. The number of aliphatic hydroxyl groups excluding tert-OH is 1. The summed E-state index contributed by atoms with van der Waals surface area (Å²) in [6.45, 7) is 0.510. The van der Waals surface area contributed by atoms with Crippen LogP contribution < -0.4 is 0 Å². The Kier molecular flexibility index (Phi) is 5.39. The number of fused-ring (bicyclic) bond motifs is 1. The summed E-state index contributed by atoms with van der Waals surface area (Å²) in [4.78, 5) is 15.9. The number of hydrogen-bond acceptors (Lipinski definition) is 5. The summed E-state index contributed by atoms with van der Waals surface area (Å²) >= 11 is 0. The van der Waals surface area contributed by atoms with E-state index in [4.69, 9.17) is 0 Å². The molecule has 7 nitrogen and oxygen atoms in total. The van der Waals surface area contributed by atoms with Gasteiger partial charge >= 0.3 is 0 Å². The predicted molar refractivity (Wildman–Crippen MR) is 100 cm³/mol. The first-order chi connectivity index (χ1) is 13.5. The van der Waals surface area contributed by atoms with Gasteiger partial charge in [0.05, 0.1) is 12.6 Å². The van der Waals surface area contributed by atoms with Gasteiger partial charge in [-0.3, -0.25) is 4.79 Å². The standard InChI is InChI=1S/C20H26FN5O2/c1-25(17-9-14-11-18(27)12-15(14)10-17)19(28)3-2-8-26-23-20(22-24-26)13-4-6-16(21)7-5-13/h4-7,14-15,17-18,27H,2-3,8-12H2,1H3/t14-,15+,17?,18?. The number of carbonyl (C=O) groups is 1. The Balaban J connectivity index is 1.24. The number of carbonyl (C=O) groups excluding carboxylic acids is 1. The van der Waals surface area contributed by atoms with Gasteiger partial charge < -0.3 is 10.0 Å². The fourth-order valence-electron chi connectivity index (χ4n) is 4.67. The van der Waals surface area contributed by atoms with Crippen molar-refractivity contribution in [3.8, 4) is 11.4 Å². The number of aryl methyl sites for hydroxylation is 1. The number of tetrazole rings is 1. The topological polar surface area (TPSA) is 84.1 Å². The second kappa shape index (κ2) is 7.95. The highest BCUT2D eigenvalue weighted by molar-refractivity contribution is 5.76. The van der Waals surface area contributed by atoms with Crippen LogP contribution in [0.3, 0.4) is 0 Å². The SMILES string of the molecule is CN(C(=O)CCCn1nnc(-c2ccc(F)cc2)n1)C1C[C@H]2CC(O)C[C@H]2C1. The molecule has 2 saturated carbocycles. The Hall–Kier alpha value is -2.35. The van der Waals surface area contributed by atoms with Gasteiger partial charge in [0.25, 0.3) is 0 Å². The maximum atomic E-state index is 13.0. The summed E-state index contributed by atoms with van der Waals surface area (Å²) in [6.07, 6.45) is 4.73. The highest BCUT2D eigenvalue weighted by atomic mass is 19.1. The van der Waals surface area contributed by atoms with E-state index in [0.717, 1.165) is 25.7 Å². The van der Waals surface area contributed by atoms with Crippen molar-refractivity contribution >= 4 is 5.91 Å². The average molecular weight is 387 g/mol. The van der Waals surface area contributed by atoms with Gasteiger partial charge in [0.15, 0.2) is 0 Å². The summed E-state index contributed by atoms with van der Waals surface area (Å²) in [5, 5.41) is 22.1. The van der Waals surface area contributed by atoms with Gasteiger partial charge in [-0.1, -0.05) is 0 Å². The zero-order valence-electron chi connectivity index (χ0n) is 16.0. The molecule has 0 radical (unpaired) electrons. The lowest BCUT2D eigenvalue weighted by molar-refractivity contribution is -0.132. The molecule has 2 aliphatic carbocycles. The van der Waals surface area contributed by atoms with Crippen molar-refractivity contribution in [3.63, 3.8) is 0 Å². The molecule has 2 aromatic rings. The van der Waals surface area contributed by atoms with Crippen molar-refractivity contribution in [2.24, 2.45) is 11.8 Å². The third-order valence-corrected chi connectivity index (χ3v) is 6.21. The highest BCUT2D eigenvalue weighted by Gasteiger charge is 2.42. The fourth-order valence-corrected chi connectivity index (χ4v) is 4.67. The number of aromatic nitrogens is 4. The van der Waals surface area contributed by atoms with Crippen molar-refractivity contribution in [3.05, 3.63) is 30.1 Å². The number of halogens is 1. The van der Waals surface area contributed by atoms with Crippen LogP contribution >= 0.6 is 0 Å². The zero-order valence-corrected chi connectivity index (χ0v) is 16.0. The van der Waals surface area contributed by atoms with Gasteiger partial charge in [-0.2, -0.15) is 4.80 Å². The van der Waals surface area contributed by atoms with Crippen LogP contribution in [-0.2, 0) is 11.3 Å². The van der Waals surface area contributed by atoms with Crippen LogP contribution in [0.1, 0.15) is 38.5 Å². The Labute approximate surface area is 163 Å². The molecule has 150 valence electrons. The third kappa shape index (κ3) is 4.06. The van der Waals surface area contributed by atoms with E-state index >= 15 is 0 Å². The maximum absolute atomic E-state index is 13.0. The smallest absolute Gasteiger partial charge is 0.222 e.